The van der Waals surface area contributed by atoms with E-state index in [1.165, 1.54) is 4.90 Å². The highest BCUT2D eigenvalue weighted by atomic mass is 16.8. The molecule has 0 aromatic heterocycles. The molecule has 3 amide bonds. The zero-order valence-corrected chi connectivity index (χ0v) is 38.4. The second-order valence-corrected chi connectivity index (χ2v) is 17.7. The lowest BCUT2D eigenvalue weighted by Crippen LogP contribution is -2.73. The quantitative estimate of drug-likeness (QED) is 0.0471. The Morgan fingerprint density at radius 1 is 0.691 bits per heavy atom. The first kappa shape index (κ1) is 48.3. The molecule has 10 atom stereocenters. The van der Waals surface area contributed by atoms with E-state index < -0.39 is 85.0 Å². The van der Waals surface area contributed by atoms with Crippen molar-refractivity contribution in [2.45, 2.75) is 145 Å². The number of amides is 3. The van der Waals surface area contributed by atoms with Gasteiger partial charge in [0.15, 0.2) is 12.1 Å². The van der Waals surface area contributed by atoms with Crippen LogP contribution >= 0.6 is 0 Å². The minimum atomic E-state index is -1.20. The summed E-state index contributed by atoms with van der Waals surface area (Å²) in [6.45, 7) is 1.99. The molecule has 2 heterocycles. The lowest BCUT2D eigenvalue weighted by molar-refractivity contribution is -0.267. The van der Waals surface area contributed by atoms with Crippen molar-refractivity contribution in [3.8, 4) is 0 Å². The van der Waals surface area contributed by atoms with Crippen LogP contribution in [0.15, 0.2) is 126 Å². The highest BCUT2D eigenvalue weighted by molar-refractivity contribution is 5.69. The number of likely N-dealkylation sites (N-methyl/N-ethyl adjacent to an activating group) is 1. The van der Waals surface area contributed by atoms with Gasteiger partial charge < -0.3 is 53.4 Å². The summed E-state index contributed by atoms with van der Waals surface area (Å²) < 4.78 is 51.9. The number of carbonyl (C=O) groups excluding carboxylic acids is 3. The zero-order valence-electron chi connectivity index (χ0n) is 38.4. The Balaban J connectivity index is 1.12. The van der Waals surface area contributed by atoms with Gasteiger partial charge in [-0.25, -0.2) is 14.4 Å². The number of carbonyl (C=O) groups is 3. The normalized spacial score (nSPS) is 26.5. The Morgan fingerprint density at radius 2 is 1.19 bits per heavy atom. The standard InChI is InChI=1S/C51H60N6O11/c1-34(57(2)50(60)64-33-38-24-14-6-15-25-38)40-27-26-39(55-56-52)47(65-40)66-44-41(53-48(58)62-31-36-20-10-4-11-21-36)43(61-30-35-18-8-3-9-19-35)42(54-49(59)63-32-37-22-12-5-13-23-37)45-46(44)68-51(67-45)28-16-7-17-29-51/h3-6,8-15,18-25,34,39-47H,7,16-17,26-33H2,1-2H3,(H,53,58)(H,54,59)/t34-,39+,40-,41-,42+,43-,44+,45-,46-,47+/m0/s1. The molecule has 8 rings (SSSR count). The van der Waals surface area contributed by atoms with E-state index in [-0.39, 0.29) is 26.4 Å². The third-order valence-electron chi connectivity index (χ3n) is 13.2. The number of hydrogen-bond donors (Lipinski definition) is 2. The van der Waals surface area contributed by atoms with E-state index in [1.54, 1.807) is 7.05 Å². The summed E-state index contributed by atoms with van der Waals surface area (Å²) in [5.41, 5.74) is 13.1. The molecule has 17 heteroatoms. The Morgan fingerprint density at radius 3 is 1.74 bits per heavy atom. The van der Waals surface area contributed by atoms with Crippen molar-refractivity contribution in [3.05, 3.63) is 154 Å². The fraction of sp³-hybridized carbons (Fsp3) is 0.471. The van der Waals surface area contributed by atoms with Crippen molar-refractivity contribution < 1.29 is 52.3 Å². The number of fused-ring (bicyclic) bond motifs is 1. The lowest BCUT2D eigenvalue weighted by atomic mass is 9.81. The topological polar surface area (TPSA) is 201 Å². The molecule has 2 saturated carbocycles. The van der Waals surface area contributed by atoms with Gasteiger partial charge in [0.1, 0.15) is 44.2 Å². The number of rotatable bonds is 16. The van der Waals surface area contributed by atoms with Crippen LogP contribution in [0.1, 0.15) is 74.1 Å². The Bertz CT molecular complexity index is 2290. The van der Waals surface area contributed by atoms with Gasteiger partial charge in [-0.2, -0.15) is 0 Å². The lowest BCUT2D eigenvalue weighted by Gasteiger charge is -2.49. The molecule has 68 heavy (non-hydrogen) atoms. The van der Waals surface area contributed by atoms with Gasteiger partial charge in [-0.3, -0.25) is 0 Å². The van der Waals surface area contributed by atoms with Gasteiger partial charge in [0.05, 0.1) is 36.9 Å². The van der Waals surface area contributed by atoms with Gasteiger partial charge in [0.25, 0.3) is 0 Å². The number of azide groups is 1. The predicted octanol–water partition coefficient (Wildman–Crippen LogP) is 8.85. The largest absolute Gasteiger partial charge is 0.445 e. The van der Waals surface area contributed by atoms with Gasteiger partial charge in [0.2, 0.25) is 0 Å². The molecule has 4 aromatic carbocycles. The van der Waals surface area contributed by atoms with Crippen LogP contribution in [-0.2, 0) is 64.3 Å². The molecule has 0 bridgehead atoms. The second kappa shape index (κ2) is 23.2. The second-order valence-electron chi connectivity index (χ2n) is 17.7. The Labute approximate surface area is 396 Å². The number of hydrogen-bond acceptors (Lipinski definition) is 12. The van der Waals surface area contributed by atoms with E-state index >= 15 is 0 Å². The summed E-state index contributed by atoms with van der Waals surface area (Å²) >= 11 is 0. The number of nitrogens with zero attached hydrogens (tertiary/aromatic N) is 4. The highest BCUT2D eigenvalue weighted by Gasteiger charge is 2.63. The highest BCUT2D eigenvalue weighted by Crippen LogP contribution is 2.47. The zero-order chi connectivity index (χ0) is 47.3. The maximum Gasteiger partial charge on any atom is 0.410 e. The van der Waals surface area contributed by atoms with Crippen LogP contribution in [0.4, 0.5) is 14.4 Å². The maximum atomic E-state index is 14.1. The molecule has 2 saturated heterocycles. The minimum absolute atomic E-state index is 0.00287. The van der Waals surface area contributed by atoms with Crippen LogP contribution in [0, 0.1) is 0 Å². The first-order valence-electron chi connectivity index (χ1n) is 23.4. The summed E-state index contributed by atoms with van der Waals surface area (Å²) in [4.78, 5) is 46.1. The maximum absolute atomic E-state index is 14.1. The summed E-state index contributed by atoms with van der Waals surface area (Å²) in [6, 6.07) is 34.1. The monoisotopic (exact) mass is 932 g/mol. The van der Waals surface area contributed by atoms with Crippen molar-refractivity contribution >= 4 is 18.3 Å². The van der Waals surface area contributed by atoms with Crippen LogP contribution in [0.3, 0.4) is 0 Å². The predicted molar refractivity (Wildman–Crippen MR) is 247 cm³/mol. The van der Waals surface area contributed by atoms with E-state index in [2.05, 4.69) is 20.7 Å². The van der Waals surface area contributed by atoms with E-state index in [4.69, 9.17) is 37.9 Å². The van der Waals surface area contributed by atoms with Gasteiger partial charge in [0, 0.05) is 24.8 Å². The summed E-state index contributed by atoms with van der Waals surface area (Å²) in [6.07, 6.45) is -3.21. The molecule has 2 aliphatic carbocycles. The van der Waals surface area contributed by atoms with E-state index in [0.717, 1.165) is 41.5 Å². The average molecular weight is 933 g/mol. The summed E-state index contributed by atoms with van der Waals surface area (Å²) in [5.74, 6) is -1.03. The SMILES string of the molecule is C[C@@H]([C@@H]1CC[C@@H](N=[N+]=[N-])[C@@H](O[C@@H]2[C@@H](NC(=O)OCc3ccccc3)[C@H](OCc3ccccc3)[C@@H](NC(=O)OCc3ccccc3)[C@@H]3OC4(CCCCC4)O[C@@H]23)O1)N(C)C(=O)OCc1ccccc1. The van der Waals surface area contributed by atoms with E-state index in [0.29, 0.717) is 25.7 Å². The van der Waals surface area contributed by atoms with E-state index in [1.807, 2.05) is 128 Å². The summed E-state index contributed by atoms with van der Waals surface area (Å²) in [5, 5.41) is 10.2. The van der Waals surface area contributed by atoms with Crippen molar-refractivity contribution in [2.24, 2.45) is 5.11 Å². The van der Waals surface area contributed by atoms with E-state index in [9.17, 15) is 19.9 Å². The molecule has 0 radical (unpaired) electrons. The fourth-order valence-electron chi connectivity index (χ4n) is 9.43. The molecular formula is C51H60N6O11. The average Bonchev–Trinajstić information content (AvgIpc) is 3.74. The van der Waals surface area contributed by atoms with Crippen molar-refractivity contribution in [3.63, 3.8) is 0 Å². The van der Waals surface area contributed by atoms with Crippen LogP contribution in [-0.4, -0.2) is 97.0 Å². The minimum Gasteiger partial charge on any atom is -0.445 e. The molecule has 4 fully saturated rings. The first-order valence-corrected chi connectivity index (χ1v) is 23.4. The molecule has 2 N–H and O–H groups in total. The van der Waals surface area contributed by atoms with Crippen LogP contribution in [0.2, 0.25) is 0 Å². The molecule has 1 spiro atoms. The number of nitrogens with one attached hydrogen (secondary N) is 2. The molecule has 360 valence electrons. The molecule has 4 aromatic rings. The Hall–Kier alpha value is -6.20. The van der Waals surface area contributed by atoms with Gasteiger partial charge in [-0.15, -0.1) is 0 Å². The number of alkyl carbamates (subject to hydrolysis) is 2. The Kier molecular flexibility index (Phi) is 16.5. The van der Waals surface area contributed by atoms with Crippen LogP contribution in [0.5, 0.6) is 0 Å². The number of benzene rings is 4. The third-order valence-corrected chi connectivity index (χ3v) is 13.2. The molecule has 0 unspecified atom stereocenters. The first-order chi connectivity index (χ1) is 33.2. The fourth-order valence-corrected chi connectivity index (χ4v) is 9.43. The summed E-state index contributed by atoms with van der Waals surface area (Å²) in [7, 11) is 1.64. The van der Waals surface area contributed by atoms with Crippen LogP contribution < -0.4 is 10.6 Å². The molecule has 2 aliphatic heterocycles. The van der Waals surface area contributed by atoms with Gasteiger partial charge in [-0.1, -0.05) is 133 Å². The molecule has 17 nitrogen and oxygen atoms in total. The smallest absolute Gasteiger partial charge is 0.410 e. The van der Waals surface area contributed by atoms with Crippen LogP contribution in [0.25, 0.3) is 10.4 Å². The molecule has 4 aliphatic rings. The number of ether oxygens (including phenoxy) is 8. The van der Waals surface area contributed by atoms with Crippen molar-refractivity contribution in [1.82, 2.24) is 15.5 Å². The third kappa shape index (κ3) is 12.3. The van der Waals surface area contributed by atoms with Gasteiger partial charge >= 0.3 is 18.3 Å². The van der Waals surface area contributed by atoms with Gasteiger partial charge in [-0.05, 0) is 60.4 Å². The van der Waals surface area contributed by atoms with Crippen molar-refractivity contribution in [1.29, 1.82) is 0 Å². The van der Waals surface area contributed by atoms with Crippen molar-refractivity contribution in [2.75, 3.05) is 7.05 Å². The molecular weight excluding hydrogens is 873 g/mol.